The minimum Gasteiger partial charge on any atom is -0.382 e. The first-order valence-corrected chi connectivity index (χ1v) is 6.48. The average molecular weight is 285 g/mol. The fraction of sp³-hybridized carbons (Fsp3) is 0.583. The number of hydrogen-bond donors (Lipinski definition) is 2. The summed E-state index contributed by atoms with van der Waals surface area (Å²) >= 11 is 0. The maximum atomic E-state index is 12.6. The van der Waals surface area contributed by atoms with E-state index in [4.69, 9.17) is 5.73 Å². The van der Waals surface area contributed by atoms with Crippen LogP contribution in [-0.4, -0.2) is 26.1 Å². The second-order valence-electron chi connectivity index (χ2n) is 5.17. The number of nitrogens with one attached hydrogen (secondary N) is 1. The van der Waals surface area contributed by atoms with Gasteiger partial charge in [-0.15, -0.1) is 0 Å². The molecule has 0 atom stereocenters. The van der Waals surface area contributed by atoms with Gasteiger partial charge < -0.3 is 10.7 Å². The molecule has 1 aliphatic carbocycles. The Bertz CT molecular complexity index is 613. The van der Waals surface area contributed by atoms with E-state index in [0.717, 1.165) is 0 Å². The first-order chi connectivity index (χ1) is 9.45. The molecule has 0 amide bonds. The molecular formula is C12H14F3N5. The van der Waals surface area contributed by atoms with E-state index in [1.807, 2.05) is 0 Å². The van der Waals surface area contributed by atoms with Gasteiger partial charge in [-0.2, -0.15) is 13.2 Å². The van der Waals surface area contributed by atoms with Crippen LogP contribution in [0, 0.1) is 5.92 Å². The highest BCUT2D eigenvalue weighted by Crippen LogP contribution is 2.42. The van der Waals surface area contributed by atoms with Gasteiger partial charge in [0.05, 0.1) is 5.92 Å². The molecule has 3 rings (SSSR count). The molecular weight excluding hydrogens is 271 g/mol. The Labute approximate surface area is 112 Å². The summed E-state index contributed by atoms with van der Waals surface area (Å²) in [7, 11) is 0. The maximum Gasteiger partial charge on any atom is 0.391 e. The zero-order valence-electron chi connectivity index (χ0n) is 10.6. The lowest BCUT2D eigenvalue weighted by Gasteiger charge is -2.28. The highest BCUT2D eigenvalue weighted by atomic mass is 19.4. The molecule has 0 saturated heterocycles. The van der Waals surface area contributed by atoms with Crippen LogP contribution in [0.4, 0.5) is 19.0 Å². The van der Waals surface area contributed by atoms with E-state index >= 15 is 0 Å². The fourth-order valence-electron chi connectivity index (χ4n) is 2.75. The largest absolute Gasteiger partial charge is 0.391 e. The van der Waals surface area contributed by atoms with Gasteiger partial charge in [-0.05, 0) is 25.7 Å². The first kappa shape index (κ1) is 13.1. The van der Waals surface area contributed by atoms with Gasteiger partial charge in [-0.1, -0.05) is 0 Å². The van der Waals surface area contributed by atoms with Crippen molar-refractivity contribution in [3.8, 4) is 0 Å². The molecule has 0 spiro atoms. The molecule has 108 valence electrons. The lowest BCUT2D eigenvalue weighted by Crippen LogP contribution is -2.27. The van der Waals surface area contributed by atoms with Crippen LogP contribution in [0.1, 0.15) is 37.4 Å². The number of anilines is 1. The normalized spacial score (nSPS) is 24.1. The van der Waals surface area contributed by atoms with Crippen LogP contribution in [0.5, 0.6) is 0 Å². The zero-order valence-corrected chi connectivity index (χ0v) is 10.6. The number of H-pyrrole nitrogens is 1. The lowest BCUT2D eigenvalue weighted by molar-refractivity contribution is -0.182. The van der Waals surface area contributed by atoms with E-state index < -0.39 is 12.1 Å². The van der Waals surface area contributed by atoms with E-state index in [-0.39, 0.29) is 18.8 Å². The van der Waals surface area contributed by atoms with Crippen molar-refractivity contribution in [1.29, 1.82) is 0 Å². The molecule has 1 fully saturated rings. The molecule has 2 heterocycles. The molecule has 0 radical (unpaired) electrons. The second-order valence-corrected chi connectivity index (χ2v) is 5.17. The smallest absolute Gasteiger partial charge is 0.382 e. The summed E-state index contributed by atoms with van der Waals surface area (Å²) < 4.78 is 37.9. The Hall–Kier alpha value is -1.86. The van der Waals surface area contributed by atoms with Gasteiger partial charge >= 0.3 is 6.18 Å². The number of nitrogen functional groups attached to an aromatic ring is 1. The molecule has 1 saturated carbocycles. The second kappa shape index (κ2) is 4.60. The summed E-state index contributed by atoms with van der Waals surface area (Å²) in [6.45, 7) is 0. The Morgan fingerprint density at radius 1 is 1.15 bits per heavy atom. The molecule has 3 N–H and O–H groups in total. The maximum absolute atomic E-state index is 12.6. The number of aromatic nitrogens is 4. The highest BCUT2D eigenvalue weighted by Gasteiger charge is 2.42. The van der Waals surface area contributed by atoms with Crippen molar-refractivity contribution in [2.45, 2.75) is 37.8 Å². The first-order valence-electron chi connectivity index (χ1n) is 6.48. The Morgan fingerprint density at radius 3 is 2.45 bits per heavy atom. The number of fused-ring (bicyclic) bond motifs is 1. The number of imidazole rings is 1. The number of nitrogens with two attached hydrogens (primary N) is 1. The van der Waals surface area contributed by atoms with Gasteiger partial charge in [0.1, 0.15) is 17.7 Å². The number of hydrogen-bond acceptors (Lipinski definition) is 4. The number of alkyl halides is 3. The molecule has 0 aromatic carbocycles. The van der Waals surface area contributed by atoms with Crippen molar-refractivity contribution in [3.05, 3.63) is 12.2 Å². The number of aromatic amines is 1. The van der Waals surface area contributed by atoms with Gasteiger partial charge in [0.25, 0.3) is 0 Å². The van der Waals surface area contributed by atoms with Crippen molar-refractivity contribution in [3.63, 3.8) is 0 Å². The predicted molar refractivity (Wildman–Crippen MR) is 66.9 cm³/mol. The average Bonchev–Trinajstić information content (AvgIpc) is 2.83. The molecule has 2 aromatic heterocycles. The summed E-state index contributed by atoms with van der Waals surface area (Å²) in [6, 6.07) is 0. The Morgan fingerprint density at radius 2 is 1.85 bits per heavy atom. The van der Waals surface area contributed by atoms with Crippen LogP contribution in [0.3, 0.4) is 0 Å². The Kier molecular flexibility index (Phi) is 3.02. The SMILES string of the molecule is Nc1ncnc2nc(C3CCC(C(F)(F)F)CC3)[nH]c12. The number of halogens is 3. The third kappa shape index (κ3) is 2.30. The van der Waals surface area contributed by atoms with Crippen molar-refractivity contribution in [2.75, 3.05) is 5.73 Å². The van der Waals surface area contributed by atoms with Gasteiger partial charge in [-0.25, -0.2) is 15.0 Å². The van der Waals surface area contributed by atoms with Crippen LogP contribution in [0.25, 0.3) is 11.2 Å². The van der Waals surface area contributed by atoms with E-state index in [0.29, 0.717) is 35.6 Å². The van der Waals surface area contributed by atoms with Crippen LogP contribution in [-0.2, 0) is 0 Å². The quantitative estimate of drug-likeness (QED) is 0.844. The molecule has 0 unspecified atom stereocenters. The van der Waals surface area contributed by atoms with Crippen molar-refractivity contribution in [2.24, 2.45) is 5.92 Å². The summed E-state index contributed by atoms with van der Waals surface area (Å²) in [5.74, 6) is -0.222. The standard InChI is InChI=1S/C12H14F3N5/c13-12(14,15)7-3-1-6(2-4-7)10-19-8-9(16)17-5-18-11(8)20-10/h5-7H,1-4H2,(H3,16,17,18,19,20). The molecule has 0 aliphatic heterocycles. The molecule has 20 heavy (non-hydrogen) atoms. The van der Waals surface area contributed by atoms with Crippen molar-refractivity contribution in [1.82, 2.24) is 19.9 Å². The monoisotopic (exact) mass is 285 g/mol. The summed E-state index contributed by atoms with van der Waals surface area (Å²) in [4.78, 5) is 15.2. The zero-order chi connectivity index (χ0) is 14.3. The van der Waals surface area contributed by atoms with Crippen molar-refractivity contribution < 1.29 is 13.2 Å². The van der Waals surface area contributed by atoms with E-state index in [9.17, 15) is 13.2 Å². The molecule has 0 bridgehead atoms. The number of rotatable bonds is 1. The third-order valence-corrected chi connectivity index (χ3v) is 3.91. The number of nitrogens with zero attached hydrogens (tertiary/aromatic N) is 3. The summed E-state index contributed by atoms with van der Waals surface area (Å²) in [5.41, 5.74) is 6.73. The van der Waals surface area contributed by atoms with Gasteiger partial charge in [0.15, 0.2) is 11.5 Å². The van der Waals surface area contributed by atoms with Crippen LogP contribution >= 0.6 is 0 Å². The summed E-state index contributed by atoms with van der Waals surface area (Å²) in [6.07, 6.45) is -1.54. The van der Waals surface area contributed by atoms with E-state index in [2.05, 4.69) is 19.9 Å². The molecule has 2 aromatic rings. The fourth-order valence-corrected chi connectivity index (χ4v) is 2.75. The van der Waals surface area contributed by atoms with Crippen LogP contribution in [0.2, 0.25) is 0 Å². The third-order valence-electron chi connectivity index (χ3n) is 3.91. The molecule has 5 nitrogen and oxygen atoms in total. The van der Waals surface area contributed by atoms with E-state index in [1.165, 1.54) is 6.33 Å². The minimum absolute atomic E-state index is 0.00204. The topological polar surface area (TPSA) is 80.5 Å². The highest BCUT2D eigenvalue weighted by molar-refractivity contribution is 5.81. The summed E-state index contributed by atoms with van der Waals surface area (Å²) in [5, 5.41) is 0. The van der Waals surface area contributed by atoms with Gasteiger partial charge in [0.2, 0.25) is 0 Å². The van der Waals surface area contributed by atoms with Gasteiger partial charge in [0, 0.05) is 5.92 Å². The molecule has 8 heteroatoms. The lowest BCUT2D eigenvalue weighted by atomic mass is 9.81. The van der Waals surface area contributed by atoms with Crippen LogP contribution < -0.4 is 5.73 Å². The predicted octanol–water partition coefficient (Wildman–Crippen LogP) is 2.77. The molecule has 1 aliphatic rings. The van der Waals surface area contributed by atoms with E-state index in [1.54, 1.807) is 0 Å². The Balaban J connectivity index is 1.78. The van der Waals surface area contributed by atoms with Gasteiger partial charge in [-0.3, -0.25) is 0 Å². The van der Waals surface area contributed by atoms with Crippen LogP contribution in [0.15, 0.2) is 6.33 Å². The van der Waals surface area contributed by atoms with Crippen molar-refractivity contribution >= 4 is 17.0 Å². The minimum atomic E-state index is -4.09.